The van der Waals surface area contributed by atoms with E-state index in [4.69, 9.17) is 5.73 Å². The highest BCUT2D eigenvalue weighted by atomic mass is 32.1. The van der Waals surface area contributed by atoms with Gasteiger partial charge in [0.25, 0.3) is 0 Å². The van der Waals surface area contributed by atoms with Gasteiger partial charge in [-0.3, -0.25) is 4.99 Å². The maximum atomic E-state index is 5.71. The molecule has 1 aliphatic heterocycles. The minimum atomic E-state index is 0.474. The fraction of sp³-hybridized carbons (Fsp3) is 0.500. The molecule has 0 saturated carbocycles. The summed E-state index contributed by atoms with van der Waals surface area (Å²) in [5.41, 5.74) is 9.45. The Morgan fingerprint density at radius 1 is 1.55 bits per heavy atom. The van der Waals surface area contributed by atoms with Crippen LogP contribution in [0.2, 0.25) is 6.32 Å². The van der Waals surface area contributed by atoms with Crippen LogP contribution in [0.3, 0.4) is 0 Å². The van der Waals surface area contributed by atoms with Crippen molar-refractivity contribution in [3.8, 4) is 0 Å². The van der Waals surface area contributed by atoms with Crippen molar-refractivity contribution in [1.29, 1.82) is 0 Å². The molecule has 2 unspecified atom stereocenters. The summed E-state index contributed by atoms with van der Waals surface area (Å²) in [5.74, 6) is 1.27. The average molecular weight is 316 g/mol. The Hall–Kier alpha value is -1.56. The topological polar surface area (TPSA) is 63.3 Å². The quantitative estimate of drug-likeness (QED) is 0.482. The maximum absolute atomic E-state index is 5.71. The van der Waals surface area contributed by atoms with Gasteiger partial charge in [-0.1, -0.05) is 18.5 Å². The Bertz CT molecular complexity index is 570. The van der Waals surface area contributed by atoms with Gasteiger partial charge < -0.3 is 11.1 Å². The van der Waals surface area contributed by atoms with Gasteiger partial charge in [0.05, 0.1) is 5.70 Å². The number of aliphatic imine (C=N–C) groups is 1. The molecule has 118 valence electrons. The molecule has 0 aromatic carbocycles. The first-order chi connectivity index (χ1) is 10.5. The number of thiazole rings is 1. The number of allylic oxidation sites excluding steroid dienone is 2. The molecule has 1 saturated heterocycles. The van der Waals surface area contributed by atoms with E-state index in [2.05, 4.69) is 35.4 Å². The lowest BCUT2D eigenvalue weighted by Gasteiger charge is -2.29. The molecule has 0 bridgehead atoms. The molecule has 2 atom stereocenters. The van der Waals surface area contributed by atoms with Gasteiger partial charge in [0.15, 0.2) is 5.13 Å². The van der Waals surface area contributed by atoms with Crippen molar-refractivity contribution < 1.29 is 0 Å². The third kappa shape index (κ3) is 4.47. The Morgan fingerprint density at radius 2 is 2.32 bits per heavy atom. The predicted octanol–water partition coefficient (Wildman–Crippen LogP) is 2.80. The lowest BCUT2D eigenvalue weighted by molar-refractivity contribution is 0.455. The van der Waals surface area contributed by atoms with Crippen molar-refractivity contribution in [2.75, 3.05) is 12.8 Å². The van der Waals surface area contributed by atoms with E-state index < -0.39 is 0 Å². The molecule has 0 spiro atoms. The van der Waals surface area contributed by atoms with E-state index in [1.807, 2.05) is 5.38 Å². The monoisotopic (exact) mass is 316 g/mol. The molecule has 0 radical (unpaired) electrons. The number of nitrogens with zero attached hydrogens (tertiary/aromatic N) is 2. The first-order valence-electron chi connectivity index (χ1n) is 7.78. The van der Waals surface area contributed by atoms with E-state index >= 15 is 0 Å². The highest BCUT2D eigenvalue weighted by Gasteiger charge is 2.23. The molecule has 1 fully saturated rings. The van der Waals surface area contributed by atoms with E-state index in [1.165, 1.54) is 43.4 Å². The summed E-state index contributed by atoms with van der Waals surface area (Å²) < 4.78 is 0. The minimum absolute atomic E-state index is 0.474. The van der Waals surface area contributed by atoms with Crippen molar-refractivity contribution in [2.24, 2.45) is 10.9 Å². The molecule has 2 heterocycles. The predicted molar refractivity (Wildman–Crippen MR) is 99.2 cm³/mol. The molecule has 0 aliphatic carbocycles. The third-order valence-electron chi connectivity index (χ3n) is 4.14. The van der Waals surface area contributed by atoms with Gasteiger partial charge in [-0.25, -0.2) is 4.98 Å². The van der Waals surface area contributed by atoms with Gasteiger partial charge in [0.2, 0.25) is 0 Å². The Morgan fingerprint density at radius 3 is 2.82 bits per heavy atom. The van der Waals surface area contributed by atoms with Crippen LogP contribution >= 0.6 is 11.3 Å². The van der Waals surface area contributed by atoms with Crippen molar-refractivity contribution >= 4 is 29.5 Å². The molecular weight excluding hydrogens is 291 g/mol. The highest BCUT2D eigenvalue weighted by molar-refractivity contribution is 7.13. The molecule has 22 heavy (non-hydrogen) atoms. The van der Waals surface area contributed by atoms with Gasteiger partial charge in [-0.15, -0.1) is 17.9 Å². The second-order valence-corrected chi connectivity index (χ2v) is 7.03. The molecule has 1 aromatic heterocycles. The molecule has 1 aromatic rings. The standard InChI is InChI=1S/C16H25BN4S/c1-10(2)7-12-5-6-14(17-8-12)20-11(3)15(19-4)13-9-22-16(18)21-13/h9,12,14,17,20H,1,3,5-8H2,2,4H3,(H2,18,21)/b19-15-. The minimum Gasteiger partial charge on any atom is -0.389 e. The molecule has 0 amide bonds. The summed E-state index contributed by atoms with van der Waals surface area (Å²) in [6.07, 6.45) is 4.83. The fourth-order valence-electron chi connectivity index (χ4n) is 3.12. The van der Waals surface area contributed by atoms with Crippen molar-refractivity contribution in [3.05, 3.63) is 35.5 Å². The van der Waals surface area contributed by atoms with Gasteiger partial charge in [0, 0.05) is 12.4 Å². The van der Waals surface area contributed by atoms with Crippen LogP contribution < -0.4 is 11.1 Å². The van der Waals surface area contributed by atoms with E-state index in [-0.39, 0.29) is 0 Å². The number of nitrogen functional groups attached to an aromatic ring is 1. The van der Waals surface area contributed by atoms with E-state index in [0.29, 0.717) is 11.1 Å². The summed E-state index contributed by atoms with van der Waals surface area (Å²) in [6.45, 7) is 10.3. The van der Waals surface area contributed by atoms with E-state index in [1.54, 1.807) is 7.05 Å². The smallest absolute Gasteiger partial charge is 0.180 e. The van der Waals surface area contributed by atoms with Crippen LogP contribution in [0.1, 0.15) is 31.9 Å². The zero-order valence-electron chi connectivity index (χ0n) is 13.6. The zero-order valence-corrected chi connectivity index (χ0v) is 14.4. The fourth-order valence-corrected chi connectivity index (χ4v) is 3.67. The number of nitrogens with one attached hydrogen (secondary N) is 1. The van der Waals surface area contributed by atoms with Crippen LogP contribution in [0.4, 0.5) is 5.13 Å². The van der Waals surface area contributed by atoms with Gasteiger partial charge in [0.1, 0.15) is 18.7 Å². The lowest BCUT2D eigenvalue weighted by Crippen LogP contribution is -2.40. The van der Waals surface area contributed by atoms with Gasteiger partial charge in [-0.05, 0) is 38.0 Å². The molecule has 6 heteroatoms. The van der Waals surface area contributed by atoms with Crippen molar-refractivity contribution in [1.82, 2.24) is 10.3 Å². The van der Waals surface area contributed by atoms with Crippen LogP contribution in [0.5, 0.6) is 0 Å². The SMILES string of the molecule is C=C(C)CC1CBC(NC(=C)/C(=N/C)c2csc(N)n2)CC1. The number of anilines is 1. The number of hydrogen-bond donors (Lipinski definition) is 2. The van der Waals surface area contributed by atoms with Crippen molar-refractivity contribution in [2.45, 2.75) is 38.4 Å². The second kappa shape index (κ2) is 7.63. The highest BCUT2D eigenvalue weighted by Crippen LogP contribution is 2.26. The molecule has 4 nitrogen and oxygen atoms in total. The summed E-state index contributed by atoms with van der Waals surface area (Å²) in [7, 11) is 2.94. The third-order valence-corrected chi connectivity index (χ3v) is 4.81. The second-order valence-electron chi connectivity index (χ2n) is 6.14. The Kier molecular flexibility index (Phi) is 5.83. The van der Waals surface area contributed by atoms with Crippen LogP contribution in [0, 0.1) is 5.92 Å². The van der Waals surface area contributed by atoms with E-state index in [9.17, 15) is 0 Å². The first kappa shape index (κ1) is 16.8. The van der Waals surface area contributed by atoms with E-state index in [0.717, 1.165) is 29.4 Å². The lowest BCUT2D eigenvalue weighted by atomic mass is 9.55. The number of nitrogens with two attached hydrogens (primary N) is 1. The number of rotatable bonds is 6. The normalized spacial score (nSPS) is 22.0. The van der Waals surface area contributed by atoms with Gasteiger partial charge in [-0.2, -0.15) is 0 Å². The van der Waals surface area contributed by atoms with Gasteiger partial charge >= 0.3 is 0 Å². The summed E-state index contributed by atoms with van der Waals surface area (Å²) in [4.78, 5) is 8.62. The number of aromatic nitrogens is 1. The van der Waals surface area contributed by atoms with Crippen LogP contribution in [-0.4, -0.2) is 31.0 Å². The molecule has 3 N–H and O–H groups in total. The molecular formula is C16H25BN4S. The first-order valence-corrected chi connectivity index (χ1v) is 8.66. The van der Waals surface area contributed by atoms with Crippen LogP contribution in [-0.2, 0) is 0 Å². The summed E-state index contributed by atoms with van der Waals surface area (Å²) >= 11 is 1.43. The number of hydrogen-bond acceptors (Lipinski definition) is 5. The maximum Gasteiger partial charge on any atom is 0.180 e. The Balaban J connectivity index is 1.88. The summed E-state index contributed by atoms with van der Waals surface area (Å²) in [6, 6.07) is 0. The van der Waals surface area contributed by atoms with Crippen LogP contribution in [0.25, 0.3) is 0 Å². The van der Waals surface area contributed by atoms with Crippen LogP contribution in [0.15, 0.2) is 34.8 Å². The Labute approximate surface area is 137 Å². The molecule has 1 aliphatic rings. The largest absolute Gasteiger partial charge is 0.389 e. The van der Waals surface area contributed by atoms with Crippen molar-refractivity contribution in [3.63, 3.8) is 0 Å². The average Bonchev–Trinajstić information content (AvgIpc) is 2.87. The molecule has 2 rings (SSSR count). The summed E-state index contributed by atoms with van der Waals surface area (Å²) in [5, 5.41) is 6.01. The zero-order chi connectivity index (χ0) is 16.1.